The van der Waals surface area contributed by atoms with Crippen LogP contribution in [0.2, 0.25) is 0 Å². The van der Waals surface area contributed by atoms with E-state index in [0.717, 1.165) is 12.1 Å². The van der Waals surface area contributed by atoms with Gasteiger partial charge in [-0.1, -0.05) is 0 Å². The highest BCUT2D eigenvalue weighted by Gasteiger charge is 2.33. The van der Waals surface area contributed by atoms with E-state index in [-0.39, 0.29) is 24.4 Å². The van der Waals surface area contributed by atoms with Gasteiger partial charge >= 0.3 is 0 Å². The van der Waals surface area contributed by atoms with Gasteiger partial charge < -0.3 is 15.3 Å². The molecule has 0 bridgehead atoms. The fourth-order valence-corrected chi connectivity index (χ4v) is 1.85. The maximum absolute atomic E-state index is 11.9. The first kappa shape index (κ1) is 14.7. The largest absolute Gasteiger partial charge is 0.395 e. The maximum Gasteiger partial charge on any atom is 0.299 e. The molecule has 0 aromatic heterocycles. The Morgan fingerprint density at radius 2 is 1.86 bits per heavy atom. The van der Waals surface area contributed by atoms with Gasteiger partial charge in [-0.05, 0) is 6.07 Å². The zero-order valence-corrected chi connectivity index (χ0v) is 10.8. The first-order valence-electron chi connectivity index (χ1n) is 6.06. The summed E-state index contributed by atoms with van der Waals surface area (Å²) in [6, 6.07) is 1.94. The third-order valence-corrected chi connectivity index (χ3v) is 2.92. The van der Waals surface area contributed by atoms with Crippen molar-refractivity contribution >= 4 is 23.0 Å². The van der Waals surface area contributed by atoms with Crippen LogP contribution in [-0.4, -0.2) is 47.1 Å². The standard InChI is InChI=1S/C11H12N4O6/c16-4-1-12-11(17)7-5-9(13-2-3-13)10(15(20)21)6-8(7)14(18)19/h5-6,16H,1-4H2,(H,12,17). The van der Waals surface area contributed by atoms with Crippen molar-refractivity contribution in [1.29, 1.82) is 0 Å². The highest BCUT2D eigenvalue weighted by Crippen LogP contribution is 2.37. The summed E-state index contributed by atoms with van der Waals surface area (Å²) < 4.78 is 0. The Balaban J connectivity index is 2.51. The van der Waals surface area contributed by atoms with E-state index < -0.39 is 27.1 Å². The second-order valence-corrected chi connectivity index (χ2v) is 4.34. The molecule has 1 amide bonds. The predicted octanol–water partition coefficient (Wildman–Crippen LogP) is 0.0451. The van der Waals surface area contributed by atoms with Gasteiger partial charge in [0.05, 0.1) is 22.5 Å². The number of amides is 1. The molecule has 1 aromatic carbocycles. The van der Waals surface area contributed by atoms with Gasteiger partial charge in [-0.3, -0.25) is 25.0 Å². The number of rotatable bonds is 6. The van der Waals surface area contributed by atoms with Crippen LogP contribution >= 0.6 is 0 Å². The van der Waals surface area contributed by atoms with Crippen molar-refractivity contribution in [2.24, 2.45) is 0 Å². The van der Waals surface area contributed by atoms with Gasteiger partial charge in [0.25, 0.3) is 17.3 Å². The summed E-state index contributed by atoms with van der Waals surface area (Å²) in [5.74, 6) is -0.756. The first-order chi connectivity index (χ1) is 9.95. The van der Waals surface area contributed by atoms with Gasteiger partial charge in [-0.2, -0.15) is 0 Å². The van der Waals surface area contributed by atoms with Crippen LogP contribution in [0.3, 0.4) is 0 Å². The topological polar surface area (TPSA) is 139 Å². The molecule has 0 unspecified atom stereocenters. The lowest BCUT2D eigenvalue weighted by Crippen LogP contribution is -2.27. The van der Waals surface area contributed by atoms with Crippen molar-refractivity contribution in [3.05, 3.63) is 37.9 Å². The number of nitrogens with zero attached hydrogens (tertiary/aromatic N) is 3. The van der Waals surface area contributed by atoms with E-state index in [1.165, 1.54) is 0 Å². The lowest BCUT2D eigenvalue weighted by Gasteiger charge is -2.08. The summed E-state index contributed by atoms with van der Waals surface area (Å²) >= 11 is 0. The van der Waals surface area contributed by atoms with E-state index in [2.05, 4.69) is 5.32 Å². The van der Waals surface area contributed by atoms with Crippen LogP contribution < -0.4 is 10.2 Å². The molecule has 112 valence electrons. The van der Waals surface area contributed by atoms with Crippen LogP contribution in [0.15, 0.2) is 12.1 Å². The number of aliphatic hydroxyl groups is 1. The number of hydrogen-bond acceptors (Lipinski definition) is 7. The number of nitrogens with one attached hydrogen (secondary N) is 1. The number of aliphatic hydroxyl groups excluding tert-OH is 1. The van der Waals surface area contributed by atoms with E-state index in [4.69, 9.17) is 5.11 Å². The second-order valence-electron chi connectivity index (χ2n) is 4.34. The van der Waals surface area contributed by atoms with Crippen molar-refractivity contribution < 1.29 is 19.7 Å². The van der Waals surface area contributed by atoms with Crippen molar-refractivity contribution in [3.8, 4) is 0 Å². The van der Waals surface area contributed by atoms with Crippen molar-refractivity contribution in [2.45, 2.75) is 0 Å². The first-order valence-corrected chi connectivity index (χ1v) is 6.06. The summed E-state index contributed by atoms with van der Waals surface area (Å²) in [7, 11) is 0. The van der Waals surface area contributed by atoms with Crippen molar-refractivity contribution in [3.63, 3.8) is 0 Å². The third kappa shape index (κ3) is 3.05. The number of carbonyl (C=O) groups is 1. The molecule has 1 fully saturated rings. The van der Waals surface area contributed by atoms with Crippen LogP contribution in [0.5, 0.6) is 0 Å². The minimum absolute atomic E-state index is 0.0635. The molecule has 0 atom stereocenters. The third-order valence-electron chi connectivity index (χ3n) is 2.92. The molecular formula is C11H12N4O6. The van der Waals surface area contributed by atoms with Crippen LogP contribution in [-0.2, 0) is 0 Å². The Morgan fingerprint density at radius 3 is 2.33 bits per heavy atom. The zero-order chi connectivity index (χ0) is 15.6. The van der Waals surface area contributed by atoms with E-state index >= 15 is 0 Å². The van der Waals surface area contributed by atoms with Crippen LogP contribution in [0.1, 0.15) is 10.4 Å². The summed E-state index contributed by atoms with van der Waals surface area (Å²) in [5, 5.41) is 33.0. The molecule has 1 saturated heterocycles. The molecule has 1 heterocycles. The Hall–Kier alpha value is -2.75. The molecule has 0 spiro atoms. The molecule has 21 heavy (non-hydrogen) atoms. The summed E-state index contributed by atoms with van der Waals surface area (Å²) in [6.45, 7) is 0.810. The minimum Gasteiger partial charge on any atom is -0.395 e. The number of nitro groups is 2. The molecule has 10 nitrogen and oxygen atoms in total. The van der Waals surface area contributed by atoms with E-state index in [9.17, 15) is 25.0 Å². The Bertz CT molecular complexity index is 613. The zero-order valence-electron chi connectivity index (χ0n) is 10.8. The van der Waals surface area contributed by atoms with Gasteiger partial charge in [-0.25, -0.2) is 0 Å². The van der Waals surface area contributed by atoms with Crippen LogP contribution in [0.4, 0.5) is 17.1 Å². The lowest BCUT2D eigenvalue weighted by molar-refractivity contribution is -0.393. The van der Waals surface area contributed by atoms with Crippen molar-refractivity contribution in [2.75, 3.05) is 31.1 Å². The average Bonchev–Trinajstić information content (AvgIpc) is 3.27. The predicted molar refractivity (Wildman–Crippen MR) is 71.4 cm³/mol. The fourth-order valence-electron chi connectivity index (χ4n) is 1.85. The second kappa shape index (κ2) is 5.71. The van der Waals surface area contributed by atoms with E-state index in [1.807, 2.05) is 0 Å². The molecule has 0 aliphatic carbocycles. The fraction of sp³-hybridized carbons (Fsp3) is 0.364. The van der Waals surface area contributed by atoms with E-state index in [0.29, 0.717) is 13.1 Å². The average molecular weight is 296 g/mol. The van der Waals surface area contributed by atoms with Crippen LogP contribution in [0, 0.1) is 20.2 Å². The SMILES string of the molecule is O=C(NCCO)c1cc(N2CC2)c([N+](=O)[O-])cc1[N+](=O)[O-]. The van der Waals surface area contributed by atoms with Gasteiger partial charge in [0.1, 0.15) is 11.3 Å². The van der Waals surface area contributed by atoms with Gasteiger partial charge in [0.15, 0.2) is 0 Å². The normalized spacial score (nSPS) is 12.9. The smallest absolute Gasteiger partial charge is 0.299 e. The lowest BCUT2D eigenvalue weighted by atomic mass is 10.1. The summed E-state index contributed by atoms with van der Waals surface area (Å²) in [5.41, 5.74) is -1.12. The molecule has 0 saturated carbocycles. The molecule has 2 rings (SSSR count). The minimum atomic E-state index is -0.840. The number of benzene rings is 1. The Labute approximate surface area is 118 Å². The number of hydrogen-bond donors (Lipinski definition) is 2. The van der Waals surface area contributed by atoms with Gasteiger partial charge in [0, 0.05) is 19.6 Å². The number of nitro benzene ring substituents is 2. The Kier molecular flexibility index (Phi) is 3.98. The Morgan fingerprint density at radius 1 is 1.24 bits per heavy atom. The van der Waals surface area contributed by atoms with E-state index in [1.54, 1.807) is 4.90 Å². The molecule has 1 aliphatic heterocycles. The monoisotopic (exact) mass is 296 g/mol. The summed E-state index contributed by atoms with van der Waals surface area (Å²) in [4.78, 5) is 34.0. The number of anilines is 1. The molecule has 1 aromatic rings. The molecule has 2 N–H and O–H groups in total. The van der Waals surface area contributed by atoms with Crippen molar-refractivity contribution in [1.82, 2.24) is 5.32 Å². The quantitative estimate of drug-likeness (QED) is 0.429. The molecule has 10 heteroatoms. The molecule has 1 aliphatic rings. The maximum atomic E-state index is 11.9. The molecular weight excluding hydrogens is 284 g/mol. The van der Waals surface area contributed by atoms with Gasteiger partial charge in [-0.15, -0.1) is 0 Å². The van der Waals surface area contributed by atoms with Gasteiger partial charge in [0.2, 0.25) is 0 Å². The van der Waals surface area contributed by atoms with Crippen LogP contribution in [0.25, 0.3) is 0 Å². The molecule has 0 radical (unpaired) electrons. The number of carbonyl (C=O) groups excluding carboxylic acids is 1. The summed E-state index contributed by atoms with van der Waals surface area (Å²) in [6.07, 6.45) is 0. The highest BCUT2D eigenvalue weighted by molar-refractivity contribution is 6.00. The highest BCUT2D eigenvalue weighted by atomic mass is 16.6.